The minimum absolute atomic E-state index is 0.0576. The number of aromatic nitrogens is 2. The minimum atomic E-state index is -0.768. The number of fused-ring (bicyclic) bond motifs is 4. The van der Waals surface area contributed by atoms with Crippen molar-refractivity contribution in [3.63, 3.8) is 0 Å². The quantitative estimate of drug-likeness (QED) is 0.880. The number of hydrogen-bond acceptors (Lipinski definition) is 3. The number of nitrogens with one attached hydrogen (secondary N) is 1. The molecular formula is C18H20N4O2. The summed E-state index contributed by atoms with van der Waals surface area (Å²) in [4.78, 5) is 14.4. The van der Waals surface area contributed by atoms with Crippen LogP contribution >= 0.6 is 0 Å². The van der Waals surface area contributed by atoms with Crippen LogP contribution < -0.4 is 10.1 Å². The number of urea groups is 1. The van der Waals surface area contributed by atoms with Crippen LogP contribution in [-0.4, -0.2) is 33.0 Å². The van der Waals surface area contributed by atoms with Gasteiger partial charge in [0.05, 0.1) is 6.04 Å². The number of carbonyl (C=O) groups is 1. The van der Waals surface area contributed by atoms with Crippen molar-refractivity contribution in [2.24, 2.45) is 0 Å². The van der Waals surface area contributed by atoms with E-state index in [1.807, 2.05) is 36.0 Å². The van der Waals surface area contributed by atoms with Crippen LogP contribution in [0.25, 0.3) is 0 Å². The average molecular weight is 324 g/mol. The van der Waals surface area contributed by atoms with E-state index in [0.29, 0.717) is 19.5 Å². The zero-order valence-corrected chi connectivity index (χ0v) is 13.6. The van der Waals surface area contributed by atoms with E-state index in [4.69, 9.17) is 4.74 Å². The van der Waals surface area contributed by atoms with Gasteiger partial charge in [0.15, 0.2) is 0 Å². The summed E-state index contributed by atoms with van der Waals surface area (Å²) < 4.78 is 8.22. The van der Waals surface area contributed by atoms with Crippen LogP contribution in [0.3, 0.4) is 0 Å². The van der Waals surface area contributed by atoms with Gasteiger partial charge < -0.3 is 10.1 Å². The fraction of sp³-hybridized carbons (Fsp3) is 0.333. The zero-order chi connectivity index (χ0) is 16.7. The maximum atomic E-state index is 12.7. The lowest BCUT2D eigenvalue weighted by atomic mass is 9.88. The van der Waals surface area contributed by atoms with Gasteiger partial charge in [0.1, 0.15) is 12.3 Å². The summed E-state index contributed by atoms with van der Waals surface area (Å²) in [7, 11) is 0. The molecular weight excluding hydrogens is 304 g/mol. The molecule has 1 fully saturated rings. The topological polar surface area (TPSA) is 59.4 Å². The molecule has 2 amide bonds. The molecule has 4 rings (SSSR count). The molecule has 1 saturated heterocycles. The van der Waals surface area contributed by atoms with Crippen molar-refractivity contribution < 1.29 is 9.53 Å². The van der Waals surface area contributed by atoms with Gasteiger partial charge in [-0.05, 0) is 19.1 Å². The molecule has 0 aliphatic carbocycles. The second-order valence-corrected chi connectivity index (χ2v) is 6.40. The van der Waals surface area contributed by atoms with Crippen LogP contribution in [0.15, 0.2) is 49.3 Å². The first kappa shape index (κ1) is 14.8. The minimum Gasteiger partial charge on any atom is -0.465 e. The van der Waals surface area contributed by atoms with E-state index in [0.717, 1.165) is 16.9 Å². The summed E-state index contributed by atoms with van der Waals surface area (Å²) in [6.45, 7) is 6.72. The highest BCUT2D eigenvalue weighted by Crippen LogP contribution is 2.45. The number of carbonyl (C=O) groups excluding carboxylic acids is 1. The van der Waals surface area contributed by atoms with E-state index in [9.17, 15) is 4.79 Å². The molecule has 2 atom stereocenters. The highest BCUT2D eigenvalue weighted by atomic mass is 16.5. The van der Waals surface area contributed by atoms with Gasteiger partial charge in [-0.2, -0.15) is 5.10 Å². The van der Waals surface area contributed by atoms with Gasteiger partial charge >= 0.3 is 6.03 Å². The summed E-state index contributed by atoms with van der Waals surface area (Å²) in [5, 5.41) is 7.39. The van der Waals surface area contributed by atoms with Crippen molar-refractivity contribution in [2.45, 2.75) is 31.7 Å². The molecule has 2 unspecified atom stereocenters. The summed E-state index contributed by atoms with van der Waals surface area (Å²) in [5.74, 6) is 0.818. The number of benzene rings is 1. The Hall–Kier alpha value is -2.76. The highest BCUT2D eigenvalue weighted by molar-refractivity contribution is 5.77. The Kier molecular flexibility index (Phi) is 3.33. The molecule has 1 N–H and O–H groups in total. The van der Waals surface area contributed by atoms with Crippen LogP contribution in [0.1, 0.15) is 23.6 Å². The summed E-state index contributed by atoms with van der Waals surface area (Å²) in [6, 6.07) is 7.78. The maximum Gasteiger partial charge on any atom is 0.321 e. The Bertz CT molecular complexity index is 786. The van der Waals surface area contributed by atoms with E-state index in [1.54, 1.807) is 17.2 Å². The molecule has 24 heavy (non-hydrogen) atoms. The second-order valence-electron chi connectivity index (χ2n) is 6.40. The maximum absolute atomic E-state index is 12.7. The van der Waals surface area contributed by atoms with Gasteiger partial charge in [-0.3, -0.25) is 9.58 Å². The van der Waals surface area contributed by atoms with Crippen molar-refractivity contribution in [3.8, 4) is 5.75 Å². The molecule has 124 valence electrons. The lowest BCUT2D eigenvalue weighted by molar-refractivity contribution is -0.106. The Labute approximate surface area is 140 Å². The third kappa shape index (κ3) is 2.26. The Morgan fingerprint density at radius 2 is 2.42 bits per heavy atom. The highest BCUT2D eigenvalue weighted by Gasteiger charge is 2.52. The molecule has 1 aromatic heterocycles. The van der Waals surface area contributed by atoms with E-state index < -0.39 is 5.72 Å². The number of aryl methyl sites for hydroxylation is 1. The van der Waals surface area contributed by atoms with Gasteiger partial charge in [0.2, 0.25) is 5.72 Å². The van der Waals surface area contributed by atoms with Crippen LogP contribution in [0.2, 0.25) is 0 Å². The third-order valence-electron chi connectivity index (χ3n) is 4.68. The Morgan fingerprint density at radius 3 is 3.17 bits per heavy atom. The van der Waals surface area contributed by atoms with Crippen molar-refractivity contribution in [1.82, 2.24) is 20.0 Å². The molecule has 0 radical (unpaired) electrons. The Morgan fingerprint density at radius 1 is 1.54 bits per heavy atom. The summed E-state index contributed by atoms with van der Waals surface area (Å²) >= 11 is 0. The van der Waals surface area contributed by atoms with Gasteiger partial charge in [-0.1, -0.05) is 23.8 Å². The van der Waals surface area contributed by atoms with Gasteiger partial charge in [0.25, 0.3) is 0 Å². The van der Waals surface area contributed by atoms with E-state index in [1.165, 1.54) is 0 Å². The smallest absolute Gasteiger partial charge is 0.321 e. The van der Waals surface area contributed by atoms with E-state index >= 15 is 0 Å². The van der Waals surface area contributed by atoms with Crippen molar-refractivity contribution in [1.29, 1.82) is 0 Å². The molecule has 3 heterocycles. The van der Waals surface area contributed by atoms with Gasteiger partial charge in [0, 0.05) is 30.9 Å². The first-order valence-electron chi connectivity index (χ1n) is 8.07. The molecule has 2 bridgehead atoms. The first-order chi connectivity index (χ1) is 11.6. The SMILES string of the molecule is C=CCN1C(=O)NC2CC1(Cn1cccn1)Oc1ccc(C)cc12. The van der Waals surface area contributed by atoms with Crippen LogP contribution in [0.4, 0.5) is 4.79 Å². The fourth-order valence-corrected chi connectivity index (χ4v) is 3.62. The largest absolute Gasteiger partial charge is 0.465 e. The molecule has 0 saturated carbocycles. The lowest BCUT2D eigenvalue weighted by Gasteiger charge is -2.52. The second kappa shape index (κ2) is 5.40. The zero-order valence-electron chi connectivity index (χ0n) is 13.6. The fourth-order valence-electron chi connectivity index (χ4n) is 3.62. The van der Waals surface area contributed by atoms with Gasteiger partial charge in [-0.15, -0.1) is 6.58 Å². The monoisotopic (exact) mass is 324 g/mol. The van der Waals surface area contributed by atoms with E-state index in [-0.39, 0.29) is 12.1 Å². The number of rotatable bonds is 4. The molecule has 2 aromatic rings. The summed E-state index contributed by atoms with van der Waals surface area (Å²) in [6.07, 6.45) is 6.01. The van der Waals surface area contributed by atoms with Crippen LogP contribution in [0.5, 0.6) is 5.75 Å². The molecule has 2 aliphatic rings. The molecule has 6 nitrogen and oxygen atoms in total. The summed E-state index contributed by atoms with van der Waals surface area (Å²) in [5.41, 5.74) is 1.42. The van der Waals surface area contributed by atoms with Crippen molar-refractivity contribution >= 4 is 6.03 Å². The average Bonchev–Trinajstić information content (AvgIpc) is 3.05. The number of amides is 2. The van der Waals surface area contributed by atoms with Crippen molar-refractivity contribution in [3.05, 3.63) is 60.4 Å². The predicted molar refractivity (Wildman–Crippen MR) is 89.6 cm³/mol. The Balaban J connectivity index is 1.80. The normalized spacial score (nSPS) is 24.8. The molecule has 6 heteroatoms. The predicted octanol–water partition coefficient (Wildman–Crippen LogP) is 2.62. The standard InChI is InChI=1S/C18H20N4O2/c1-3-8-22-17(23)20-15-11-18(22,12-21-9-4-7-19-21)24-16-6-5-13(2)10-14(15)16/h3-7,9-10,15H,1,8,11-12H2,2H3,(H,20,23). The van der Waals surface area contributed by atoms with Crippen LogP contribution in [-0.2, 0) is 6.54 Å². The number of nitrogens with zero attached hydrogens (tertiary/aromatic N) is 3. The lowest BCUT2D eigenvalue weighted by Crippen LogP contribution is -2.67. The number of ether oxygens (including phenoxy) is 1. The first-order valence-corrected chi connectivity index (χ1v) is 8.07. The number of hydrogen-bond donors (Lipinski definition) is 1. The molecule has 0 spiro atoms. The third-order valence-corrected chi connectivity index (χ3v) is 4.68. The van der Waals surface area contributed by atoms with Gasteiger partial charge in [-0.25, -0.2) is 4.79 Å². The van der Waals surface area contributed by atoms with Crippen molar-refractivity contribution in [2.75, 3.05) is 6.54 Å². The molecule has 1 aromatic carbocycles. The molecule has 2 aliphatic heterocycles. The van der Waals surface area contributed by atoms with Crippen LogP contribution in [0, 0.1) is 6.92 Å². The van der Waals surface area contributed by atoms with E-state index in [2.05, 4.69) is 23.1 Å².